The molecule has 2 rings (SSSR count). The summed E-state index contributed by atoms with van der Waals surface area (Å²) >= 11 is 5.98. The standard InChI is InChI=1S/C17H25ClN2O3/c1-13-12-15(4-5-16(13)18)23-14(2)17(21)19-6-3-7-20-8-10-22-11-9-20/h4-5,12,14H,3,6-11H2,1-2H3,(H,19,21)/t14-/m1/s1. The zero-order valence-electron chi connectivity index (χ0n) is 13.8. The molecule has 0 bridgehead atoms. The first kappa shape index (κ1) is 18.0. The van der Waals surface area contributed by atoms with Gasteiger partial charge in [-0.25, -0.2) is 0 Å². The van der Waals surface area contributed by atoms with Crippen molar-refractivity contribution in [2.24, 2.45) is 0 Å². The van der Waals surface area contributed by atoms with Crippen LogP contribution in [0.25, 0.3) is 0 Å². The third-order valence-electron chi connectivity index (χ3n) is 3.87. The van der Waals surface area contributed by atoms with Gasteiger partial charge in [-0.15, -0.1) is 0 Å². The van der Waals surface area contributed by atoms with Crippen LogP contribution in [0.4, 0.5) is 0 Å². The Morgan fingerprint density at radius 1 is 1.43 bits per heavy atom. The van der Waals surface area contributed by atoms with Crippen LogP contribution in [0.5, 0.6) is 5.75 Å². The summed E-state index contributed by atoms with van der Waals surface area (Å²) in [5, 5.41) is 3.61. The van der Waals surface area contributed by atoms with E-state index in [9.17, 15) is 4.79 Å². The van der Waals surface area contributed by atoms with Crippen molar-refractivity contribution in [1.29, 1.82) is 0 Å². The maximum atomic E-state index is 12.1. The molecule has 1 aliphatic heterocycles. The van der Waals surface area contributed by atoms with Gasteiger partial charge in [-0.05, 0) is 50.6 Å². The van der Waals surface area contributed by atoms with Crippen LogP contribution in [0.15, 0.2) is 18.2 Å². The molecule has 23 heavy (non-hydrogen) atoms. The minimum absolute atomic E-state index is 0.0976. The molecule has 1 N–H and O–H groups in total. The molecule has 0 aliphatic carbocycles. The van der Waals surface area contributed by atoms with E-state index >= 15 is 0 Å². The van der Waals surface area contributed by atoms with Gasteiger partial charge in [0.2, 0.25) is 0 Å². The summed E-state index contributed by atoms with van der Waals surface area (Å²) in [5.41, 5.74) is 0.933. The van der Waals surface area contributed by atoms with Crippen molar-refractivity contribution in [3.05, 3.63) is 28.8 Å². The Labute approximate surface area is 142 Å². The van der Waals surface area contributed by atoms with E-state index in [0.29, 0.717) is 17.3 Å². The van der Waals surface area contributed by atoms with Gasteiger partial charge in [-0.2, -0.15) is 0 Å². The number of hydrogen-bond acceptors (Lipinski definition) is 4. The van der Waals surface area contributed by atoms with Gasteiger partial charge in [-0.1, -0.05) is 11.6 Å². The average Bonchev–Trinajstić information content (AvgIpc) is 2.55. The number of morpholine rings is 1. The molecule has 0 saturated carbocycles. The van der Waals surface area contributed by atoms with Gasteiger partial charge in [0, 0.05) is 24.7 Å². The molecule has 1 aromatic rings. The van der Waals surface area contributed by atoms with Crippen LogP contribution in [-0.2, 0) is 9.53 Å². The van der Waals surface area contributed by atoms with E-state index in [-0.39, 0.29) is 5.91 Å². The summed E-state index contributed by atoms with van der Waals surface area (Å²) in [6.07, 6.45) is 0.400. The van der Waals surface area contributed by atoms with E-state index in [1.165, 1.54) is 0 Å². The fourth-order valence-electron chi connectivity index (χ4n) is 2.43. The number of carbonyl (C=O) groups excluding carboxylic acids is 1. The predicted octanol–water partition coefficient (Wildman–Crippen LogP) is 2.25. The van der Waals surface area contributed by atoms with E-state index in [2.05, 4.69) is 10.2 Å². The molecule has 1 heterocycles. The zero-order chi connectivity index (χ0) is 16.7. The molecule has 6 heteroatoms. The van der Waals surface area contributed by atoms with Crippen molar-refractivity contribution < 1.29 is 14.3 Å². The van der Waals surface area contributed by atoms with Crippen molar-refractivity contribution in [3.63, 3.8) is 0 Å². The van der Waals surface area contributed by atoms with Crippen molar-refractivity contribution >= 4 is 17.5 Å². The summed E-state index contributed by atoms with van der Waals surface area (Å²) in [7, 11) is 0. The molecule has 1 saturated heterocycles. The van der Waals surface area contributed by atoms with Crippen molar-refractivity contribution in [3.8, 4) is 5.75 Å². The van der Waals surface area contributed by atoms with Gasteiger partial charge in [0.25, 0.3) is 5.91 Å². The number of carbonyl (C=O) groups is 1. The lowest BCUT2D eigenvalue weighted by molar-refractivity contribution is -0.127. The van der Waals surface area contributed by atoms with Gasteiger partial charge in [0.1, 0.15) is 5.75 Å². The summed E-state index contributed by atoms with van der Waals surface area (Å²) in [4.78, 5) is 14.4. The summed E-state index contributed by atoms with van der Waals surface area (Å²) in [6, 6.07) is 5.39. The van der Waals surface area contributed by atoms with Crippen LogP contribution in [0, 0.1) is 6.92 Å². The second kappa shape index (κ2) is 9.11. The smallest absolute Gasteiger partial charge is 0.260 e. The first-order chi connectivity index (χ1) is 11.1. The van der Waals surface area contributed by atoms with E-state index in [0.717, 1.165) is 44.8 Å². The average molecular weight is 341 g/mol. The predicted molar refractivity (Wildman–Crippen MR) is 91.2 cm³/mol. The van der Waals surface area contributed by atoms with Crippen LogP contribution in [0.2, 0.25) is 5.02 Å². The first-order valence-electron chi connectivity index (χ1n) is 8.07. The SMILES string of the molecule is Cc1cc(O[C@H](C)C(=O)NCCCN2CCOCC2)ccc1Cl. The number of benzene rings is 1. The Bertz CT molecular complexity index is 519. The maximum absolute atomic E-state index is 12.1. The minimum atomic E-state index is -0.529. The lowest BCUT2D eigenvalue weighted by atomic mass is 10.2. The van der Waals surface area contributed by atoms with Gasteiger partial charge in [0.05, 0.1) is 13.2 Å². The molecule has 1 aliphatic rings. The van der Waals surface area contributed by atoms with E-state index in [1.54, 1.807) is 19.1 Å². The fourth-order valence-corrected chi connectivity index (χ4v) is 2.55. The van der Waals surface area contributed by atoms with E-state index < -0.39 is 6.10 Å². The minimum Gasteiger partial charge on any atom is -0.481 e. The zero-order valence-corrected chi connectivity index (χ0v) is 14.6. The quantitative estimate of drug-likeness (QED) is 0.773. The Hall–Kier alpha value is -1.30. The third-order valence-corrected chi connectivity index (χ3v) is 4.29. The highest BCUT2D eigenvalue weighted by atomic mass is 35.5. The Morgan fingerprint density at radius 2 is 2.17 bits per heavy atom. The summed E-state index contributed by atoms with van der Waals surface area (Å²) in [6.45, 7) is 8.86. The molecule has 0 unspecified atom stereocenters. The molecular formula is C17H25ClN2O3. The number of amides is 1. The number of nitrogens with zero attached hydrogens (tertiary/aromatic N) is 1. The fraction of sp³-hybridized carbons (Fsp3) is 0.588. The van der Waals surface area contributed by atoms with Gasteiger partial charge in [-0.3, -0.25) is 9.69 Å². The number of nitrogens with one attached hydrogen (secondary N) is 1. The van der Waals surface area contributed by atoms with Gasteiger partial charge < -0.3 is 14.8 Å². The normalized spacial score (nSPS) is 16.8. The number of hydrogen-bond donors (Lipinski definition) is 1. The van der Waals surface area contributed by atoms with E-state index in [1.807, 2.05) is 13.0 Å². The lowest BCUT2D eigenvalue weighted by Crippen LogP contribution is -2.40. The molecule has 0 spiro atoms. The number of rotatable bonds is 7. The van der Waals surface area contributed by atoms with Crippen LogP contribution in [-0.4, -0.2) is 56.3 Å². The Morgan fingerprint density at radius 3 is 2.87 bits per heavy atom. The molecule has 1 atom stereocenters. The Kier molecular flexibility index (Phi) is 7.15. The highest BCUT2D eigenvalue weighted by Gasteiger charge is 2.15. The topological polar surface area (TPSA) is 50.8 Å². The van der Waals surface area contributed by atoms with E-state index in [4.69, 9.17) is 21.1 Å². The van der Waals surface area contributed by atoms with Crippen molar-refractivity contribution in [1.82, 2.24) is 10.2 Å². The van der Waals surface area contributed by atoms with Crippen LogP contribution >= 0.6 is 11.6 Å². The number of aryl methyl sites for hydroxylation is 1. The lowest BCUT2D eigenvalue weighted by Gasteiger charge is -2.26. The summed E-state index contributed by atoms with van der Waals surface area (Å²) < 4.78 is 11.0. The van der Waals surface area contributed by atoms with Crippen LogP contribution in [0.1, 0.15) is 18.9 Å². The largest absolute Gasteiger partial charge is 0.481 e. The third kappa shape index (κ3) is 6.01. The molecular weight excluding hydrogens is 316 g/mol. The van der Waals surface area contributed by atoms with Crippen molar-refractivity contribution in [2.75, 3.05) is 39.4 Å². The highest BCUT2D eigenvalue weighted by Crippen LogP contribution is 2.21. The molecule has 0 radical (unpaired) electrons. The molecule has 1 aromatic carbocycles. The Balaban J connectivity index is 1.66. The van der Waals surface area contributed by atoms with Crippen LogP contribution in [0.3, 0.4) is 0 Å². The highest BCUT2D eigenvalue weighted by molar-refractivity contribution is 6.31. The van der Waals surface area contributed by atoms with Crippen LogP contribution < -0.4 is 10.1 Å². The second-order valence-corrected chi connectivity index (χ2v) is 6.18. The monoisotopic (exact) mass is 340 g/mol. The maximum Gasteiger partial charge on any atom is 0.260 e. The first-order valence-corrected chi connectivity index (χ1v) is 8.44. The molecule has 0 aromatic heterocycles. The molecule has 1 amide bonds. The number of halogens is 1. The molecule has 5 nitrogen and oxygen atoms in total. The molecule has 128 valence electrons. The van der Waals surface area contributed by atoms with Crippen molar-refractivity contribution in [2.45, 2.75) is 26.4 Å². The van der Waals surface area contributed by atoms with Gasteiger partial charge >= 0.3 is 0 Å². The number of ether oxygens (including phenoxy) is 2. The summed E-state index contributed by atoms with van der Waals surface area (Å²) in [5.74, 6) is 0.558. The molecule has 1 fully saturated rings. The van der Waals surface area contributed by atoms with Gasteiger partial charge in [0.15, 0.2) is 6.10 Å². The second-order valence-electron chi connectivity index (χ2n) is 5.77.